The van der Waals surface area contributed by atoms with Crippen LogP contribution in [-0.4, -0.2) is 35.0 Å². The van der Waals surface area contributed by atoms with Crippen molar-refractivity contribution >= 4 is 11.9 Å². The van der Waals surface area contributed by atoms with E-state index >= 15 is 0 Å². The van der Waals surface area contributed by atoms with Gasteiger partial charge in [-0.2, -0.15) is 0 Å². The van der Waals surface area contributed by atoms with Crippen LogP contribution in [0.1, 0.15) is 22.3 Å². The zero-order valence-electron chi connectivity index (χ0n) is 10.0. The molecule has 1 amide bonds. The Hall–Kier alpha value is -1.88. The monoisotopic (exact) mass is 248 g/mol. The summed E-state index contributed by atoms with van der Waals surface area (Å²) in [6, 6.07) is 7.10. The van der Waals surface area contributed by atoms with Crippen molar-refractivity contribution in [3.05, 3.63) is 35.4 Å². The molecule has 0 bridgehead atoms. The van der Waals surface area contributed by atoms with E-state index in [0.717, 1.165) is 12.1 Å². The highest BCUT2D eigenvalue weighted by atomic mass is 16.4. The Bertz CT molecular complexity index is 456. The Morgan fingerprint density at radius 3 is 2.50 bits per heavy atom. The zero-order valence-corrected chi connectivity index (χ0v) is 10.0. The Kier molecular flexibility index (Phi) is 3.62. The molecule has 1 aromatic carbocycles. The number of nitrogens with two attached hydrogens (primary N) is 1. The van der Waals surface area contributed by atoms with Gasteiger partial charge in [0.05, 0.1) is 5.92 Å². The summed E-state index contributed by atoms with van der Waals surface area (Å²) in [5, 5.41) is 8.92. The molecule has 0 saturated carbocycles. The molecule has 1 aliphatic heterocycles. The molecule has 1 heterocycles. The lowest BCUT2D eigenvalue weighted by molar-refractivity contribution is -0.141. The third-order valence-corrected chi connectivity index (χ3v) is 3.27. The highest BCUT2D eigenvalue weighted by Gasteiger charge is 2.27. The lowest BCUT2D eigenvalue weighted by atomic mass is 10.1. The largest absolute Gasteiger partial charge is 0.481 e. The first kappa shape index (κ1) is 12.6. The SMILES string of the molecule is NC(=O)c1ccc(CN2CCC(C(=O)O)C2)cc1. The summed E-state index contributed by atoms with van der Waals surface area (Å²) in [4.78, 5) is 23.9. The molecule has 0 spiro atoms. The fraction of sp³-hybridized carbons (Fsp3) is 0.385. The molecule has 5 heteroatoms. The number of carboxylic acid groups (broad SMARTS) is 1. The molecule has 1 saturated heterocycles. The molecular weight excluding hydrogens is 232 g/mol. The average Bonchev–Trinajstić information content (AvgIpc) is 2.78. The number of carbonyl (C=O) groups is 2. The standard InChI is InChI=1S/C13H16N2O3/c14-12(16)10-3-1-9(2-4-10)7-15-6-5-11(8-15)13(17)18/h1-4,11H,5-8H2,(H2,14,16)(H,17,18). The number of amides is 1. The van der Waals surface area contributed by atoms with E-state index in [-0.39, 0.29) is 5.92 Å². The van der Waals surface area contributed by atoms with Crippen molar-refractivity contribution in [2.24, 2.45) is 11.7 Å². The normalized spacial score (nSPS) is 19.9. The van der Waals surface area contributed by atoms with Crippen LogP contribution >= 0.6 is 0 Å². The Morgan fingerprint density at radius 2 is 2.00 bits per heavy atom. The summed E-state index contributed by atoms with van der Waals surface area (Å²) in [5.41, 5.74) is 6.71. The minimum atomic E-state index is -0.721. The van der Waals surface area contributed by atoms with Gasteiger partial charge in [0.25, 0.3) is 0 Å². The lowest BCUT2D eigenvalue weighted by Gasteiger charge is -2.15. The van der Waals surface area contributed by atoms with Gasteiger partial charge in [-0.3, -0.25) is 14.5 Å². The maximum absolute atomic E-state index is 10.9. The highest BCUT2D eigenvalue weighted by molar-refractivity contribution is 5.92. The predicted molar refractivity (Wildman–Crippen MR) is 66.0 cm³/mol. The second-order valence-electron chi connectivity index (χ2n) is 4.62. The number of benzene rings is 1. The molecule has 0 radical (unpaired) electrons. The molecule has 1 unspecified atom stereocenters. The molecule has 18 heavy (non-hydrogen) atoms. The average molecular weight is 248 g/mol. The summed E-state index contributed by atoms with van der Waals surface area (Å²) >= 11 is 0. The van der Waals surface area contributed by atoms with Gasteiger partial charge < -0.3 is 10.8 Å². The molecule has 1 aliphatic rings. The van der Waals surface area contributed by atoms with E-state index < -0.39 is 11.9 Å². The fourth-order valence-corrected chi connectivity index (χ4v) is 2.21. The minimum Gasteiger partial charge on any atom is -0.481 e. The van der Waals surface area contributed by atoms with Crippen LogP contribution in [0.2, 0.25) is 0 Å². The van der Waals surface area contributed by atoms with Crippen LogP contribution in [0.25, 0.3) is 0 Å². The van der Waals surface area contributed by atoms with Crippen molar-refractivity contribution in [1.82, 2.24) is 4.90 Å². The first-order valence-corrected chi connectivity index (χ1v) is 5.90. The smallest absolute Gasteiger partial charge is 0.307 e. The molecular formula is C13H16N2O3. The zero-order chi connectivity index (χ0) is 13.1. The van der Waals surface area contributed by atoms with Gasteiger partial charge in [0.2, 0.25) is 5.91 Å². The number of nitrogens with zero attached hydrogens (tertiary/aromatic N) is 1. The summed E-state index contributed by atoms with van der Waals surface area (Å²) in [6.07, 6.45) is 0.703. The number of carbonyl (C=O) groups excluding carboxylic acids is 1. The second kappa shape index (κ2) is 5.18. The number of likely N-dealkylation sites (tertiary alicyclic amines) is 1. The predicted octanol–water partition coefficient (Wildman–Crippen LogP) is 0.692. The van der Waals surface area contributed by atoms with Gasteiger partial charge in [0, 0.05) is 18.7 Å². The van der Waals surface area contributed by atoms with Gasteiger partial charge in [-0.15, -0.1) is 0 Å². The van der Waals surface area contributed by atoms with E-state index in [0.29, 0.717) is 25.1 Å². The van der Waals surface area contributed by atoms with Gasteiger partial charge in [-0.1, -0.05) is 12.1 Å². The molecule has 1 aromatic rings. The number of rotatable bonds is 4. The number of primary amides is 1. The highest BCUT2D eigenvalue weighted by Crippen LogP contribution is 2.18. The third kappa shape index (κ3) is 2.87. The van der Waals surface area contributed by atoms with Gasteiger partial charge in [-0.05, 0) is 30.7 Å². The summed E-state index contributed by atoms with van der Waals surface area (Å²) in [7, 11) is 0. The summed E-state index contributed by atoms with van der Waals surface area (Å²) < 4.78 is 0. The van der Waals surface area contributed by atoms with Gasteiger partial charge in [-0.25, -0.2) is 0 Å². The Morgan fingerprint density at radius 1 is 1.33 bits per heavy atom. The molecule has 5 nitrogen and oxygen atoms in total. The van der Waals surface area contributed by atoms with Crippen molar-refractivity contribution < 1.29 is 14.7 Å². The van der Waals surface area contributed by atoms with Gasteiger partial charge in [0.15, 0.2) is 0 Å². The van der Waals surface area contributed by atoms with E-state index in [4.69, 9.17) is 10.8 Å². The lowest BCUT2D eigenvalue weighted by Crippen LogP contribution is -2.22. The molecule has 96 valence electrons. The van der Waals surface area contributed by atoms with Crippen LogP contribution in [-0.2, 0) is 11.3 Å². The van der Waals surface area contributed by atoms with Gasteiger partial charge >= 0.3 is 5.97 Å². The van der Waals surface area contributed by atoms with E-state index in [1.807, 2.05) is 12.1 Å². The molecule has 0 aromatic heterocycles. The van der Waals surface area contributed by atoms with Crippen LogP contribution in [0, 0.1) is 5.92 Å². The first-order valence-electron chi connectivity index (χ1n) is 5.90. The second-order valence-corrected chi connectivity index (χ2v) is 4.62. The third-order valence-electron chi connectivity index (χ3n) is 3.27. The van der Waals surface area contributed by atoms with Gasteiger partial charge in [0.1, 0.15) is 0 Å². The van der Waals surface area contributed by atoms with Crippen LogP contribution in [0.4, 0.5) is 0 Å². The van der Waals surface area contributed by atoms with Crippen molar-refractivity contribution in [3.63, 3.8) is 0 Å². The summed E-state index contributed by atoms with van der Waals surface area (Å²) in [5.74, 6) is -1.41. The van der Waals surface area contributed by atoms with Crippen molar-refractivity contribution in [2.45, 2.75) is 13.0 Å². The number of hydrogen-bond acceptors (Lipinski definition) is 3. The molecule has 1 fully saturated rings. The number of carboxylic acids is 1. The van der Waals surface area contributed by atoms with E-state index in [1.54, 1.807) is 12.1 Å². The number of hydrogen-bond donors (Lipinski definition) is 2. The Balaban J connectivity index is 1.94. The van der Waals surface area contributed by atoms with Crippen molar-refractivity contribution in [1.29, 1.82) is 0 Å². The number of aliphatic carboxylic acids is 1. The van der Waals surface area contributed by atoms with E-state index in [9.17, 15) is 9.59 Å². The molecule has 3 N–H and O–H groups in total. The topological polar surface area (TPSA) is 83.6 Å². The fourth-order valence-electron chi connectivity index (χ4n) is 2.21. The van der Waals surface area contributed by atoms with Crippen LogP contribution < -0.4 is 5.73 Å². The molecule has 2 rings (SSSR count). The van der Waals surface area contributed by atoms with Crippen LogP contribution in [0.5, 0.6) is 0 Å². The molecule has 0 aliphatic carbocycles. The quantitative estimate of drug-likeness (QED) is 0.821. The summed E-state index contributed by atoms with van der Waals surface area (Å²) in [6.45, 7) is 2.10. The maximum atomic E-state index is 10.9. The Labute approximate surface area is 105 Å². The first-order chi connectivity index (χ1) is 8.56. The minimum absolute atomic E-state index is 0.255. The van der Waals surface area contributed by atoms with Crippen molar-refractivity contribution in [2.75, 3.05) is 13.1 Å². The maximum Gasteiger partial charge on any atom is 0.307 e. The van der Waals surface area contributed by atoms with Crippen LogP contribution in [0.3, 0.4) is 0 Å². The van der Waals surface area contributed by atoms with E-state index in [2.05, 4.69) is 4.90 Å². The van der Waals surface area contributed by atoms with Crippen molar-refractivity contribution in [3.8, 4) is 0 Å². The van der Waals surface area contributed by atoms with E-state index in [1.165, 1.54) is 0 Å². The molecule has 1 atom stereocenters. The van der Waals surface area contributed by atoms with Crippen LogP contribution in [0.15, 0.2) is 24.3 Å².